The third-order valence-electron chi connectivity index (χ3n) is 6.07. The summed E-state index contributed by atoms with van der Waals surface area (Å²) in [6, 6.07) is 18.7. The molecule has 0 spiro atoms. The minimum atomic E-state index is -0.652. The molecule has 3 atom stereocenters. The van der Waals surface area contributed by atoms with E-state index in [9.17, 15) is 14.4 Å². The summed E-state index contributed by atoms with van der Waals surface area (Å²) in [5.41, 5.74) is 2.00. The van der Waals surface area contributed by atoms with Crippen LogP contribution in [0.2, 0.25) is 0 Å². The van der Waals surface area contributed by atoms with Crippen molar-refractivity contribution in [3.05, 3.63) is 71.8 Å². The monoisotopic (exact) mass is 406 g/mol. The molecule has 0 radical (unpaired) electrons. The van der Waals surface area contributed by atoms with E-state index in [0.29, 0.717) is 6.42 Å². The van der Waals surface area contributed by atoms with E-state index in [1.54, 1.807) is 21.9 Å². The van der Waals surface area contributed by atoms with E-state index >= 15 is 0 Å². The molecule has 30 heavy (non-hydrogen) atoms. The molecule has 156 valence electrons. The minimum Gasteiger partial charge on any atom is -0.330 e. The summed E-state index contributed by atoms with van der Waals surface area (Å²) in [5.74, 6) is -0.225. The lowest BCUT2D eigenvalue weighted by atomic mass is 9.96. The van der Waals surface area contributed by atoms with Gasteiger partial charge in [0.25, 0.3) is 0 Å². The Morgan fingerprint density at radius 2 is 1.67 bits per heavy atom. The Morgan fingerprint density at radius 3 is 2.30 bits per heavy atom. The summed E-state index contributed by atoms with van der Waals surface area (Å²) >= 11 is 0. The molecule has 2 aromatic rings. The predicted molar refractivity (Wildman–Crippen MR) is 112 cm³/mol. The Balaban J connectivity index is 1.72. The maximum absolute atomic E-state index is 13.6. The average Bonchev–Trinajstić information content (AvgIpc) is 2.76. The maximum Gasteiger partial charge on any atom is 0.246 e. The topological polar surface area (TPSA) is 64.2 Å². The second-order valence-electron chi connectivity index (χ2n) is 7.87. The van der Waals surface area contributed by atoms with Crippen molar-refractivity contribution >= 4 is 18.2 Å². The van der Waals surface area contributed by atoms with Crippen molar-refractivity contribution < 1.29 is 14.4 Å². The molecule has 0 aromatic heterocycles. The van der Waals surface area contributed by atoms with E-state index in [2.05, 4.69) is 0 Å². The molecule has 0 aliphatic carbocycles. The number of carbonyl (C=O) groups is 3. The number of carbonyl (C=O) groups excluding carboxylic acids is 3. The summed E-state index contributed by atoms with van der Waals surface area (Å²) in [6.07, 6.45) is 0.632. The number of fused-ring (bicyclic) bond motifs is 1. The zero-order chi connectivity index (χ0) is 21.3. The molecule has 2 aromatic carbocycles. The molecule has 0 bridgehead atoms. The van der Waals surface area contributed by atoms with Crippen LogP contribution < -0.4 is 0 Å². The summed E-state index contributed by atoms with van der Waals surface area (Å²) in [4.78, 5) is 41.9. The Labute approximate surface area is 176 Å². The van der Waals surface area contributed by atoms with E-state index in [4.69, 9.17) is 0 Å². The summed E-state index contributed by atoms with van der Waals surface area (Å²) in [6.45, 7) is 2.33. The first kappa shape index (κ1) is 20.1. The van der Waals surface area contributed by atoms with Crippen molar-refractivity contribution in [2.75, 3.05) is 20.1 Å². The van der Waals surface area contributed by atoms with Crippen LogP contribution >= 0.6 is 0 Å². The number of amides is 3. The SMILES string of the molecule is C[C@@H](c1ccccc1)N1CC2N(C(=O)CN(C)N2C=O)[C@@H](Cc2ccccc2)C1=O. The van der Waals surface area contributed by atoms with E-state index in [1.165, 1.54) is 5.01 Å². The van der Waals surface area contributed by atoms with E-state index < -0.39 is 12.2 Å². The van der Waals surface area contributed by atoms with Crippen LogP contribution in [0.15, 0.2) is 60.7 Å². The number of nitrogens with zero attached hydrogens (tertiary/aromatic N) is 4. The summed E-state index contributed by atoms with van der Waals surface area (Å²) < 4.78 is 0. The highest BCUT2D eigenvalue weighted by molar-refractivity contribution is 5.91. The Morgan fingerprint density at radius 1 is 1.03 bits per heavy atom. The predicted octanol–water partition coefficient (Wildman–Crippen LogP) is 1.67. The number of rotatable bonds is 5. The maximum atomic E-state index is 13.6. The molecule has 7 heteroatoms. The van der Waals surface area contributed by atoms with Crippen molar-refractivity contribution in [2.24, 2.45) is 0 Å². The second-order valence-corrected chi connectivity index (χ2v) is 7.87. The fraction of sp³-hybridized carbons (Fsp3) is 0.348. The third-order valence-corrected chi connectivity index (χ3v) is 6.07. The zero-order valence-electron chi connectivity index (χ0n) is 17.2. The Bertz CT molecular complexity index is 921. The molecule has 2 aliphatic heterocycles. The van der Waals surface area contributed by atoms with Gasteiger partial charge in [-0.25, -0.2) is 5.01 Å². The first-order valence-corrected chi connectivity index (χ1v) is 10.2. The normalized spacial score (nSPS) is 23.3. The van der Waals surface area contributed by atoms with Gasteiger partial charge in [-0.05, 0) is 18.1 Å². The number of likely N-dealkylation sites (N-methyl/N-ethyl adjacent to an activating group) is 1. The highest BCUT2D eigenvalue weighted by Gasteiger charge is 2.49. The number of hydrazine groups is 1. The van der Waals surface area contributed by atoms with Gasteiger partial charge >= 0.3 is 0 Å². The minimum absolute atomic E-state index is 0.0715. The van der Waals surface area contributed by atoms with Crippen LogP contribution in [0.4, 0.5) is 0 Å². The van der Waals surface area contributed by atoms with E-state index in [0.717, 1.165) is 17.5 Å². The molecule has 7 nitrogen and oxygen atoms in total. The standard InChI is InChI=1S/C23H26N4O3/c1-17(19-11-7-4-8-12-19)25-14-21-26(16-28)24(2)15-22(29)27(21)20(23(25)30)13-18-9-5-3-6-10-18/h3-12,16-17,20-21H,13-15H2,1-2H3/t17-,20-,21?/m0/s1. The Hall–Kier alpha value is -3.19. The third kappa shape index (κ3) is 3.57. The lowest BCUT2D eigenvalue weighted by Gasteiger charge is -2.54. The van der Waals surface area contributed by atoms with Gasteiger partial charge in [0.05, 0.1) is 19.1 Å². The van der Waals surface area contributed by atoms with Crippen LogP contribution in [-0.2, 0) is 20.8 Å². The van der Waals surface area contributed by atoms with Crippen LogP contribution in [0, 0.1) is 0 Å². The fourth-order valence-electron chi connectivity index (χ4n) is 4.44. The molecule has 3 amide bonds. The summed E-state index contributed by atoms with van der Waals surface area (Å²) in [7, 11) is 1.72. The Kier molecular flexibility index (Phi) is 5.55. The lowest BCUT2D eigenvalue weighted by molar-refractivity contribution is -0.198. The van der Waals surface area contributed by atoms with Gasteiger partial charge in [0, 0.05) is 13.5 Å². The van der Waals surface area contributed by atoms with Crippen molar-refractivity contribution in [2.45, 2.75) is 31.6 Å². The van der Waals surface area contributed by atoms with Gasteiger partial charge in [-0.2, -0.15) is 0 Å². The van der Waals surface area contributed by atoms with Crippen molar-refractivity contribution in [3.8, 4) is 0 Å². The number of hydrogen-bond donors (Lipinski definition) is 0. The molecule has 0 saturated carbocycles. The highest BCUT2D eigenvalue weighted by atomic mass is 16.2. The first-order chi connectivity index (χ1) is 14.5. The van der Waals surface area contributed by atoms with E-state index in [1.807, 2.05) is 67.6 Å². The lowest BCUT2D eigenvalue weighted by Crippen LogP contribution is -2.74. The fourth-order valence-corrected chi connectivity index (χ4v) is 4.44. The van der Waals surface area contributed by atoms with Gasteiger partial charge in [-0.3, -0.25) is 19.4 Å². The molecule has 4 rings (SSSR count). The van der Waals surface area contributed by atoms with Crippen molar-refractivity contribution in [3.63, 3.8) is 0 Å². The smallest absolute Gasteiger partial charge is 0.246 e. The van der Waals surface area contributed by atoms with Gasteiger partial charge in [-0.1, -0.05) is 60.7 Å². The molecule has 2 heterocycles. The van der Waals surface area contributed by atoms with Crippen LogP contribution in [0.1, 0.15) is 24.1 Å². The largest absolute Gasteiger partial charge is 0.330 e. The molecule has 2 aliphatic rings. The van der Waals surface area contributed by atoms with Crippen LogP contribution in [0.25, 0.3) is 0 Å². The first-order valence-electron chi connectivity index (χ1n) is 10.2. The van der Waals surface area contributed by atoms with Gasteiger partial charge in [0.1, 0.15) is 12.2 Å². The average molecular weight is 406 g/mol. The number of piperazine rings is 1. The molecule has 2 fully saturated rings. The van der Waals surface area contributed by atoms with Gasteiger partial charge < -0.3 is 9.80 Å². The second kappa shape index (κ2) is 8.28. The molecule has 0 N–H and O–H groups in total. The van der Waals surface area contributed by atoms with Gasteiger partial charge in [0.15, 0.2) is 0 Å². The molecule has 1 unspecified atom stereocenters. The van der Waals surface area contributed by atoms with Crippen LogP contribution in [0.5, 0.6) is 0 Å². The number of hydrogen-bond acceptors (Lipinski definition) is 4. The van der Waals surface area contributed by atoms with Crippen molar-refractivity contribution in [1.29, 1.82) is 0 Å². The number of benzene rings is 2. The summed E-state index contributed by atoms with van der Waals surface area (Å²) in [5, 5.41) is 3.15. The van der Waals surface area contributed by atoms with Crippen LogP contribution in [0.3, 0.4) is 0 Å². The van der Waals surface area contributed by atoms with Crippen LogP contribution in [-0.4, -0.2) is 70.4 Å². The zero-order valence-corrected chi connectivity index (χ0v) is 17.2. The van der Waals surface area contributed by atoms with Crippen molar-refractivity contribution in [1.82, 2.24) is 19.8 Å². The molecule has 2 saturated heterocycles. The van der Waals surface area contributed by atoms with Gasteiger partial charge in [0.2, 0.25) is 18.2 Å². The van der Waals surface area contributed by atoms with E-state index in [-0.39, 0.29) is 30.9 Å². The quantitative estimate of drug-likeness (QED) is 0.709. The molecular weight excluding hydrogens is 380 g/mol. The highest BCUT2D eigenvalue weighted by Crippen LogP contribution is 2.31. The molecular formula is C23H26N4O3. The van der Waals surface area contributed by atoms with Gasteiger partial charge in [-0.15, -0.1) is 0 Å².